The van der Waals surface area contributed by atoms with Crippen LogP contribution < -0.4 is 11.1 Å². The van der Waals surface area contributed by atoms with E-state index in [2.05, 4.69) is 55.6 Å². The molecule has 130 valence electrons. The summed E-state index contributed by atoms with van der Waals surface area (Å²) in [6.45, 7) is 7.84. The topological polar surface area (TPSA) is 55.1 Å². The monoisotopic (exact) mass is 346 g/mol. The molecule has 0 aliphatic carbocycles. The van der Waals surface area contributed by atoms with Crippen molar-refractivity contribution in [3.8, 4) is 0 Å². The normalized spacial score (nSPS) is 13.1. The Balaban J connectivity index is 0.00000288. The zero-order chi connectivity index (χ0) is 17.0. The average Bonchev–Trinajstić information content (AvgIpc) is 2.51. The van der Waals surface area contributed by atoms with Crippen LogP contribution >= 0.6 is 12.4 Å². The average molecular weight is 347 g/mol. The van der Waals surface area contributed by atoms with Gasteiger partial charge < -0.3 is 11.1 Å². The number of nitrogens with one attached hydrogen (secondary N) is 1. The molecule has 0 saturated heterocycles. The Morgan fingerprint density at radius 1 is 0.958 bits per heavy atom. The van der Waals surface area contributed by atoms with Crippen molar-refractivity contribution in [2.24, 2.45) is 11.7 Å². The quantitative estimate of drug-likeness (QED) is 0.862. The van der Waals surface area contributed by atoms with Gasteiger partial charge in [-0.1, -0.05) is 66.6 Å². The van der Waals surface area contributed by atoms with E-state index >= 15 is 0 Å². The van der Waals surface area contributed by atoms with Gasteiger partial charge in [0.2, 0.25) is 5.91 Å². The second kappa shape index (κ2) is 8.86. The first kappa shape index (κ1) is 20.2. The Bertz CT molecular complexity index is 639. The molecule has 2 aromatic carbocycles. The number of aryl methyl sites for hydroxylation is 2. The first-order valence-corrected chi connectivity index (χ1v) is 8.07. The summed E-state index contributed by atoms with van der Waals surface area (Å²) in [6, 6.07) is 16.2. The van der Waals surface area contributed by atoms with Gasteiger partial charge in [-0.05, 0) is 31.9 Å². The van der Waals surface area contributed by atoms with Crippen LogP contribution in [0.15, 0.2) is 48.5 Å². The largest absolute Gasteiger partial charge is 0.345 e. The summed E-state index contributed by atoms with van der Waals surface area (Å²) in [5.41, 5.74) is 10.4. The maximum atomic E-state index is 12.5. The molecule has 2 unspecified atom stereocenters. The van der Waals surface area contributed by atoms with Crippen LogP contribution in [0.25, 0.3) is 0 Å². The molecular formula is C20H27ClN2O. The molecule has 0 fully saturated rings. The second-order valence-corrected chi connectivity index (χ2v) is 6.42. The highest BCUT2D eigenvalue weighted by molar-refractivity contribution is 5.85. The molecule has 0 bridgehead atoms. The highest BCUT2D eigenvalue weighted by Gasteiger charge is 2.22. The van der Waals surface area contributed by atoms with E-state index in [0.717, 1.165) is 11.1 Å². The van der Waals surface area contributed by atoms with Gasteiger partial charge in [-0.15, -0.1) is 12.4 Å². The molecule has 0 aliphatic rings. The first-order valence-electron chi connectivity index (χ1n) is 8.07. The van der Waals surface area contributed by atoms with Gasteiger partial charge in [-0.25, -0.2) is 0 Å². The van der Waals surface area contributed by atoms with Gasteiger partial charge in [0.25, 0.3) is 0 Å². The van der Waals surface area contributed by atoms with Gasteiger partial charge in [-0.2, -0.15) is 0 Å². The van der Waals surface area contributed by atoms with Gasteiger partial charge in [0.1, 0.15) is 0 Å². The van der Waals surface area contributed by atoms with Crippen molar-refractivity contribution in [3.05, 3.63) is 70.8 Å². The summed E-state index contributed by atoms with van der Waals surface area (Å²) in [5, 5.41) is 3.17. The number of carbonyl (C=O) groups is 1. The van der Waals surface area contributed by atoms with E-state index in [1.165, 1.54) is 11.1 Å². The van der Waals surface area contributed by atoms with Crippen LogP contribution in [-0.4, -0.2) is 11.9 Å². The SMILES string of the molecule is Cc1cccc(C(NC(=O)C(C)C(C)N)c2cccc(C)c2)c1.Cl. The molecule has 24 heavy (non-hydrogen) atoms. The number of nitrogens with two attached hydrogens (primary N) is 1. The standard InChI is InChI=1S/C20H26N2O.ClH/c1-13-7-5-9-17(11-13)19(18-10-6-8-14(2)12-18)22-20(23)15(3)16(4)21;/h5-12,15-16,19H,21H2,1-4H3,(H,22,23);1H. The number of carbonyl (C=O) groups excluding carboxylic acids is 1. The molecule has 2 atom stereocenters. The minimum Gasteiger partial charge on any atom is -0.345 e. The fourth-order valence-corrected chi connectivity index (χ4v) is 2.57. The van der Waals surface area contributed by atoms with E-state index in [1.807, 2.05) is 26.0 Å². The molecule has 0 heterocycles. The number of hydrogen-bond acceptors (Lipinski definition) is 2. The molecule has 2 aromatic rings. The van der Waals surface area contributed by atoms with Crippen LogP contribution in [-0.2, 0) is 4.79 Å². The predicted octanol–water partition coefficient (Wildman–Crippen LogP) is 3.91. The highest BCUT2D eigenvalue weighted by Crippen LogP contribution is 2.24. The number of amides is 1. The highest BCUT2D eigenvalue weighted by atomic mass is 35.5. The molecule has 0 saturated carbocycles. The lowest BCUT2D eigenvalue weighted by Gasteiger charge is -2.24. The summed E-state index contributed by atoms with van der Waals surface area (Å²) >= 11 is 0. The molecule has 2 rings (SSSR count). The van der Waals surface area contributed by atoms with Gasteiger partial charge in [0, 0.05) is 12.0 Å². The van der Waals surface area contributed by atoms with Crippen LogP contribution in [0.4, 0.5) is 0 Å². The summed E-state index contributed by atoms with van der Waals surface area (Å²) in [7, 11) is 0. The van der Waals surface area contributed by atoms with E-state index in [-0.39, 0.29) is 36.3 Å². The lowest BCUT2D eigenvalue weighted by atomic mass is 9.94. The van der Waals surface area contributed by atoms with Gasteiger partial charge >= 0.3 is 0 Å². The molecule has 3 N–H and O–H groups in total. The van der Waals surface area contributed by atoms with Crippen LogP contribution in [0.2, 0.25) is 0 Å². The van der Waals surface area contributed by atoms with Gasteiger partial charge in [0.15, 0.2) is 0 Å². The molecule has 4 heteroatoms. The maximum absolute atomic E-state index is 12.5. The fourth-order valence-electron chi connectivity index (χ4n) is 2.57. The van der Waals surface area contributed by atoms with Crippen molar-refractivity contribution < 1.29 is 4.79 Å². The van der Waals surface area contributed by atoms with E-state index in [1.54, 1.807) is 0 Å². The zero-order valence-electron chi connectivity index (χ0n) is 14.7. The summed E-state index contributed by atoms with van der Waals surface area (Å²) in [4.78, 5) is 12.5. The Morgan fingerprint density at radius 3 is 1.79 bits per heavy atom. The van der Waals surface area contributed by atoms with Crippen molar-refractivity contribution in [3.63, 3.8) is 0 Å². The second-order valence-electron chi connectivity index (χ2n) is 6.42. The van der Waals surface area contributed by atoms with E-state index in [0.29, 0.717) is 0 Å². The predicted molar refractivity (Wildman–Crippen MR) is 102 cm³/mol. The van der Waals surface area contributed by atoms with Crippen molar-refractivity contribution >= 4 is 18.3 Å². The number of halogens is 1. The minimum absolute atomic E-state index is 0. The van der Waals surface area contributed by atoms with E-state index in [9.17, 15) is 4.79 Å². The lowest BCUT2D eigenvalue weighted by Crippen LogP contribution is -2.40. The number of benzene rings is 2. The summed E-state index contributed by atoms with van der Waals surface area (Å²) < 4.78 is 0. The molecule has 0 aromatic heterocycles. The first-order chi connectivity index (χ1) is 10.9. The molecule has 3 nitrogen and oxygen atoms in total. The van der Waals surface area contributed by atoms with Gasteiger partial charge in [0.05, 0.1) is 6.04 Å². The summed E-state index contributed by atoms with van der Waals surface area (Å²) in [5.74, 6) is -0.250. The molecule has 0 spiro atoms. The third kappa shape index (κ3) is 5.08. The van der Waals surface area contributed by atoms with E-state index < -0.39 is 0 Å². The van der Waals surface area contributed by atoms with Crippen molar-refractivity contribution in [1.82, 2.24) is 5.32 Å². The maximum Gasteiger partial charge on any atom is 0.225 e. The smallest absolute Gasteiger partial charge is 0.225 e. The van der Waals surface area contributed by atoms with Crippen LogP contribution in [0.3, 0.4) is 0 Å². The number of hydrogen-bond donors (Lipinski definition) is 2. The van der Waals surface area contributed by atoms with Crippen molar-refractivity contribution in [2.75, 3.05) is 0 Å². The Labute approximate surface area is 151 Å². The molecule has 0 aliphatic heterocycles. The molecule has 1 amide bonds. The minimum atomic E-state index is -0.230. The van der Waals surface area contributed by atoms with Crippen molar-refractivity contribution in [1.29, 1.82) is 0 Å². The Hall–Kier alpha value is -1.84. The number of rotatable bonds is 5. The van der Waals surface area contributed by atoms with Gasteiger partial charge in [-0.3, -0.25) is 4.79 Å². The molecular weight excluding hydrogens is 320 g/mol. The third-order valence-electron chi connectivity index (χ3n) is 4.24. The Morgan fingerprint density at radius 2 is 1.42 bits per heavy atom. The fraction of sp³-hybridized carbons (Fsp3) is 0.350. The van der Waals surface area contributed by atoms with Crippen molar-refractivity contribution in [2.45, 2.75) is 39.8 Å². The molecule has 0 radical (unpaired) electrons. The third-order valence-corrected chi connectivity index (χ3v) is 4.24. The zero-order valence-corrected chi connectivity index (χ0v) is 15.6. The Kier molecular flexibility index (Phi) is 7.46. The lowest BCUT2D eigenvalue weighted by molar-refractivity contribution is -0.125. The summed E-state index contributed by atoms with van der Waals surface area (Å²) in [6.07, 6.45) is 0. The van der Waals surface area contributed by atoms with Crippen LogP contribution in [0, 0.1) is 19.8 Å². The van der Waals surface area contributed by atoms with Crippen LogP contribution in [0.1, 0.15) is 42.1 Å². The van der Waals surface area contributed by atoms with E-state index in [4.69, 9.17) is 5.73 Å². The van der Waals surface area contributed by atoms with Crippen LogP contribution in [0.5, 0.6) is 0 Å².